The molecule has 0 saturated heterocycles. The fourth-order valence-corrected chi connectivity index (χ4v) is 1.83. The lowest BCUT2D eigenvalue weighted by molar-refractivity contribution is 0.0734. The van der Waals surface area contributed by atoms with Crippen LogP contribution in [-0.2, 0) is 0 Å². The molecule has 0 spiro atoms. The van der Waals surface area contributed by atoms with E-state index in [0.29, 0.717) is 22.8 Å². The van der Waals surface area contributed by atoms with E-state index in [4.69, 9.17) is 14.2 Å². The molecule has 1 heterocycles. The molecule has 0 fully saturated rings. The van der Waals surface area contributed by atoms with Gasteiger partial charge in [-0.2, -0.15) is 0 Å². The summed E-state index contributed by atoms with van der Waals surface area (Å²) in [7, 11) is 0. The quantitative estimate of drug-likeness (QED) is 0.623. The Morgan fingerprint density at radius 1 is 1.15 bits per heavy atom. The van der Waals surface area contributed by atoms with Gasteiger partial charge >= 0.3 is 5.97 Å². The van der Waals surface area contributed by atoms with Gasteiger partial charge in [-0.15, -0.1) is 0 Å². The average Bonchev–Trinajstić information content (AvgIpc) is 2.89. The molecular weight excluding hydrogens is 263 g/mol. The predicted molar refractivity (Wildman–Crippen MR) is 68.7 cm³/mol. The standard InChI is InChI=1S/C15H11FO4/c1-9-2-3-10(6-12(9)16)15(17)20-11-4-5-13-14(7-11)19-8-18-13/h2-7H,8H2,1H3. The zero-order valence-corrected chi connectivity index (χ0v) is 10.7. The maximum atomic E-state index is 13.4. The van der Waals surface area contributed by atoms with Gasteiger partial charge in [0.05, 0.1) is 5.56 Å². The third kappa shape index (κ3) is 2.30. The van der Waals surface area contributed by atoms with E-state index in [0.717, 1.165) is 6.07 Å². The van der Waals surface area contributed by atoms with E-state index in [2.05, 4.69) is 0 Å². The lowest BCUT2D eigenvalue weighted by Crippen LogP contribution is -2.09. The van der Waals surface area contributed by atoms with Crippen molar-refractivity contribution in [1.29, 1.82) is 0 Å². The van der Waals surface area contributed by atoms with Gasteiger partial charge in [-0.05, 0) is 36.8 Å². The number of rotatable bonds is 2. The second kappa shape index (κ2) is 4.85. The summed E-state index contributed by atoms with van der Waals surface area (Å²) in [6.45, 7) is 1.78. The Balaban J connectivity index is 1.80. The van der Waals surface area contributed by atoms with Crippen molar-refractivity contribution < 1.29 is 23.4 Å². The third-order valence-corrected chi connectivity index (χ3v) is 2.96. The minimum Gasteiger partial charge on any atom is -0.454 e. The molecule has 2 aromatic rings. The van der Waals surface area contributed by atoms with Gasteiger partial charge in [-0.25, -0.2) is 9.18 Å². The van der Waals surface area contributed by atoms with Gasteiger partial charge in [0.1, 0.15) is 11.6 Å². The molecule has 1 aliphatic heterocycles. The molecule has 5 heteroatoms. The van der Waals surface area contributed by atoms with Gasteiger partial charge in [0.2, 0.25) is 6.79 Å². The van der Waals surface area contributed by atoms with E-state index in [1.165, 1.54) is 12.1 Å². The number of fused-ring (bicyclic) bond motifs is 1. The second-order valence-electron chi connectivity index (χ2n) is 4.37. The van der Waals surface area contributed by atoms with E-state index >= 15 is 0 Å². The Morgan fingerprint density at radius 3 is 2.75 bits per heavy atom. The number of ether oxygens (including phenoxy) is 3. The maximum absolute atomic E-state index is 13.4. The van der Waals surface area contributed by atoms with Gasteiger partial charge in [0, 0.05) is 6.07 Å². The van der Waals surface area contributed by atoms with Gasteiger partial charge in [-0.1, -0.05) is 6.07 Å². The molecule has 0 radical (unpaired) electrons. The molecule has 3 rings (SSSR count). The molecule has 1 aliphatic rings. The highest BCUT2D eigenvalue weighted by Crippen LogP contribution is 2.35. The van der Waals surface area contributed by atoms with Crippen molar-refractivity contribution in [2.24, 2.45) is 0 Å². The van der Waals surface area contributed by atoms with Crippen LogP contribution in [0, 0.1) is 12.7 Å². The summed E-state index contributed by atoms with van der Waals surface area (Å²) < 4.78 is 28.9. The van der Waals surface area contributed by atoms with Gasteiger partial charge in [0.15, 0.2) is 11.5 Å². The van der Waals surface area contributed by atoms with Crippen LogP contribution in [0.15, 0.2) is 36.4 Å². The Labute approximate surface area is 114 Å². The fourth-order valence-electron chi connectivity index (χ4n) is 1.83. The number of esters is 1. The molecule has 102 valence electrons. The van der Waals surface area contributed by atoms with Crippen molar-refractivity contribution in [2.75, 3.05) is 6.79 Å². The van der Waals surface area contributed by atoms with Crippen molar-refractivity contribution in [3.05, 3.63) is 53.3 Å². The van der Waals surface area contributed by atoms with Crippen molar-refractivity contribution in [3.8, 4) is 17.2 Å². The summed E-state index contributed by atoms with van der Waals surface area (Å²) >= 11 is 0. The summed E-state index contributed by atoms with van der Waals surface area (Å²) in [5.74, 6) is 0.379. The summed E-state index contributed by atoms with van der Waals surface area (Å²) in [4.78, 5) is 11.9. The SMILES string of the molecule is Cc1ccc(C(=O)Oc2ccc3c(c2)OCO3)cc1F. The van der Waals surface area contributed by atoms with Crippen LogP contribution in [0.2, 0.25) is 0 Å². The normalized spacial score (nSPS) is 12.3. The largest absolute Gasteiger partial charge is 0.454 e. The number of halogens is 1. The molecule has 0 aromatic heterocycles. The topological polar surface area (TPSA) is 44.8 Å². The first-order valence-electron chi connectivity index (χ1n) is 6.01. The lowest BCUT2D eigenvalue weighted by atomic mass is 10.1. The third-order valence-electron chi connectivity index (χ3n) is 2.96. The minimum absolute atomic E-state index is 0.149. The Kier molecular flexibility index (Phi) is 3.02. The average molecular weight is 274 g/mol. The summed E-state index contributed by atoms with van der Waals surface area (Å²) in [5, 5.41) is 0. The molecule has 20 heavy (non-hydrogen) atoms. The highest BCUT2D eigenvalue weighted by atomic mass is 19.1. The van der Waals surface area contributed by atoms with E-state index in [-0.39, 0.29) is 12.4 Å². The molecule has 0 bridgehead atoms. The van der Waals surface area contributed by atoms with Crippen molar-refractivity contribution in [1.82, 2.24) is 0 Å². The van der Waals surface area contributed by atoms with Crippen LogP contribution in [0.1, 0.15) is 15.9 Å². The molecule has 0 atom stereocenters. The Bertz CT molecular complexity index is 682. The number of benzene rings is 2. The highest BCUT2D eigenvalue weighted by molar-refractivity contribution is 5.91. The van der Waals surface area contributed by atoms with Crippen LogP contribution < -0.4 is 14.2 Å². The van der Waals surface area contributed by atoms with Crippen molar-refractivity contribution in [3.63, 3.8) is 0 Å². The second-order valence-corrected chi connectivity index (χ2v) is 4.37. The van der Waals surface area contributed by atoms with E-state index in [1.54, 1.807) is 25.1 Å². The molecule has 0 unspecified atom stereocenters. The van der Waals surface area contributed by atoms with Gasteiger partial charge < -0.3 is 14.2 Å². The molecular formula is C15H11FO4. The van der Waals surface area contributed by atoms with Crippen LogP contribution in [0.3, 0.4) is 0 Å². The van der Waals surface area contributed by atoms with Crippen LogP contribution in [0.4, 0.5) is 4.39 Å². The number of hydrogen-bond acceptors (Lipinski definition) is 4. The van der Waals surface area contributed by atoms with Crippen LogP contribution in [0.25, 0.3) is 0 Å². The van der Waals surface area contributed by atoms with E-state index < -0.39 is 11.8 Å². The molecule has 2 aromatic carbocycles. The van der Waals surface area contributed by atoms with Crippen LogP contribution >= 0.6 is 0 Å². The zero-order valence-electron chi connectivity index (χ0n) is 10.7. The number of aryl methyl sites for hydroxylation is 1. The first kappa shape index (κ1) is 12.5. The molecule has 0 saturated carbocycles. The first-order valence-corrected chi connectivity index (χ1v) is 6.01. The molecule has 0 aliphatic carbocycles. The number of carbonyl (C=O) groups is 1. The van der Waals surface area contributed by atoms with Gasteiger partial charge in [0.25, 0.3) is 0 Å². The maximum Gasteiger partial charge on any atom is 0.343 e. The highest BCUT2D eigenvalue weighted by Gasteiger charge is 2.16. The summed E-state index contributed by atoms with van der Waals surface area (Å²) in [6, 6.07) is 9.02. The number of carbonyl (C=O) groups excluding carboxylic acids is 1. The minimum atomic E-state index is -0.622. The van der Waals surface area contributed by atoms with Crippen LogP contribution in [-0.4, -0.2) is 12.8 Å². The molecule has 0 amide bonds. The lowest BCUT2D eigenvalue weighted by Gasteiger charge is -2.06. The van der Waals surface area contributed by atoms with Crippen molar-refractivity contribution in [2.45, 2.75) is 6.92 Å². The summed E-state index contributed by atoms with van der Waals surface area (Å²) in [6.07, 6.45) is 0. The smallest absolute Gasteiger partial charge is 0.343 e. The van der Waals surface area contributed by atoms with Gasteiger partial charge in [-0.3, -0.25) is 0 Å². The molecule has 4 nitrogen and oxygen atoms in total. The number of hydrogen-bond donors (Lipinski definition) is 0. The Hall–Kier alpha value is -2.56. The Morgan fingerprint density at radius 2 is 1.95 bits per heavy atom. The predicted octanol–water partition coefficient (Wildman–Crippen LogP) is 3.08. The monoisotopic (exact) mass is 274 g/mol. The molecule has 0 N–H and O–H groups in total. The van der Waals surface area contributed by atoms with Crippen molar-refractivity contribution >= 4 is 5.97 Å². The van der Waals surface area contributed by atoms with E-state index in [1.807, 2.05) is 0 Å². The van der Waals surface area contributed by atoms with E-state index in [9.17, 15) is 9.18 Å². The fraction of sp³-hybridized carbons (Fsp3) is 0.133. The summed E-state index contributed by atoms with van der Waals surface area (Å²) in [5.41, 5.74) is 0.635. The van der Waals surface area contributed by atoms with Crippen LogP contribution in [0.5, 0.6) is 17.2 Å². The first-order chi connectivity index (χ1) is 9.63. The zero-order chi connectivity index (χ0) is 14.1.